The largest absolute Gasteiger partial charge is 0.355 e. The second-order valence-corrected chi connectivity index (χ2v) is 5.73. The van der Waals surface area contributed by atoms with Crippen LogP contribution in [0.1, 0.15) is 5.56 Å². The quantitative estimate of drug-likeness (QED) is 0.739. The van der Waals surface area contributed by atoms with Gasteiger partial charge in [-0.15, -0.1) is 0 Å². The molecule has 1 aromatic heterocycles. The molecule has 4 nitrogen and oxygen atoms in total. The normalized spacial score (nSPS) is 10.6. The first-order valence-electron chi connectivity index (χ1n) is 7.46. The minimum absolute atomic E-state index is 0.265. The number of nitrogens with zero attached hydrogens (tertiary/aromatic N) is 1. The van der Waals surface area contributed by atoms with E-state index < -0.39 is 0 Å². The summed E-state index contributed by atoms with van der Waals surface area (Å²) in [5.74, 6) is 0.0562. The molecule has 6 heteroatoms. The standard InChI is InChI=1S/C18H15ClFN3O/c19-14-5-1-12(2-6-14)9-10-21-18-22-16(11-17(24)23-18)13-3-7-15(20)8-4-13/h1-8,11H,9-10H2,(H2,21,22,23,24). The third-order valence-corrected chi connectivity index (χ3v) is 3.75. The Kier molecular flexibility index (Phi) is 4.91. The van der Waals surface area contributed by atoms with Crippen molar-refractivity contribution >= 4 is 17.5 Å². The van der Waals surface area contributed by atoms with Gasteiger partial charge in [-0.3, -0.25) is 9.78 Å². The van der Waals surface area contributed by atoms with Crippen LogP contribution in [0.2, 0.25) is 5.02 Å². The first kappa shape index (κ1) is 16.2. The van der Waals surface area contributed by atoms with Crippen LogP contribution in [0.15, 0.2) is 59.4 Å². The molecule has 0 aliphatic rings. The van der Waals surface area contributed by atoms with Crippen molar-refractivity contribution in [2.24, 2.45) is 0 Å². The van der Waals surface area contributed by atoms with Crippen LogP contribution in [-0.2, 0) is 6.42 Å². The predicted octanol–water partition coefficient (Wildman–Crippen LogP) is 3.88. The number of nitrogens with one attached hydrogen (secondary N) is 2. The molecule has 0 amide bonds. The lowest BCUT2D eigenvalue weighted by Crippen LogP contribution is -2.14. The molecule has 0 radical (unpaired) electrons. The lowest BCUT2D eigenvalue weighted by atomic mass is 10.1. The van der Waals surface area contributed by atoms with E-state index in [1.807, 2.05) is 24.3 Å². The van der Waals surface area contributed by atoms with Gasteiger partial charge in [0.15, 0.2) is 0 Å². The van der Waals surface area contributed by atoms with Crippen molar-refractivity contribution in [3.8, 4) is 11.3 Å². The van der Waals surface area contributed by atoms with Crippen molar-refractivity contribution in [2.75, 3.05) is 11.9 Å². The van der Waals surface area contributed by atoms with Crippen molar-refractivity contribution in [1.82, 2.24) is 9.97 Å². The minimum Gasteiger partial charge on any atom is -0.355 e. The number of aromatic nitrogens is 2. The lowest BCUT2D eigenvalue weighted by molar-refractivity contribution is 0.628. The molecule has 0 aliphatic carbocycles. The third kappa shape index (κ3) is 4.20. The molecule has 122 valence electrons. The minimum atomic E-state index is -0.329. The van der Waals surface area contributed by atoms with Crippen LogP contribution in [0, 0.1) is 5.82 Å². The Hall–Kier alpha value is -2.66. The van der Waals surface area contributed by atoms with Crippen LogP contribution in [0.25, 0.3) is 11.3 Å². The highest BCUT2D eigenvalue weighted by molar-refractivity contribution is 6.30. The molecule has 0 unspecified atom stereocenters. The van der Waals surface area contributed by atoms with Crippen molar-refractivity contribution in [1.29, 1.82) is 0 Å². The molecule has 0 fully saturated rings. The van der Waals surface area contributed by atoms with Crippen molar-refractivity contribution in [3.63, 3.8) is 0 Å². The average Bonchev–Trinajstić information content (AvgIpc) is 2.57. The number of halogens is 2. The maximum Gasteiger partial charge on any atom is 0.252 e. The molecule has 0 saturated heterocycles. The molecule has 1 heterocycles. The maximum absolute atomic E-state index is 13.0. The number of hydrogen-bond donors (Lipinski definition) is 2. The molecule has 0 aliphatic heterocycles. The summed E-state index contributed by atoms with van der Waals surface area (Å²) in [5.41, 5.74) is 2.04. The van der Waals surface area contributed by atoms with Gasteiger partial charge >= 0.3 is 0 Å². The van der Waals surface area contributed by atoms with E-state index in [2.05, 4.69) is 15.3 Å². The Morgan fingerprint density at radius 1 is 1.08 bits per heavy atom. The van der Waals surface area contributed by atoms with Gasteiger partial charge in [-0.05, 0) is 48.4 Å². The van der Waals surface area contributed by atoms with Crippen LogP contribution in [-0.4, -0.2) is 16.5 Å². The van der Waals surface area contributed by atoms with Crippen molar-refractivity contribution in [2.45, 2.75) is 6.42 Å². The van der Waals surface area contributed by atoms with E-state index in [9.17, 15) is 9.18 Å². The van der Waals surface area contributed by atoms with Gasteiger partial charge in [0.1, 0.15) is 5.82 Å². The summed E-state index contributed by atoms with van der Waals surface area (Å²) in [6.07, 6.45) is 0.766. The first-order valence-corrected chi connectivity index (χ1v) is 7.83. The van der Waals surface area contributed by atoms with Gasteiger partial charge in [-0.1, -0.05) is 23.7 Å². The highest BCUT2D eigenvalue weighted by atomic mass is 35.5. The Morgan fingerprint density at radius 3 is 2.50 bits per heavy atom. The molecular formula is C18H15ClFN3O. The zero-order valence-electron chi connectivity index (χ0n) is 12.7. The first-order chi connectivity index (χ1) is 11.6. The van der Waals surface area contributed by atoms with Gasteiger partial charge < -0.3 is 5.32 Å². The van der Waals surface area contributed by atoms with E-state index in [1.165, 1.54) is 18.2 Å². The van der Waals surface area contributed by atoms with Crippen molar-refractivity contribution < 1.29 is 4.39 Å². The fourth-order valence-electron chi connectivity index (χ4n) is 2.29. The van der Waals surface area contributed by atoms with Gasteiger partial charge in [0.2, 0.25) is 5.95 Å². The number of anilines is 1. The molecule has 3 aromatic rings. The molecule has 0 atom stereocenters. The summed E-state index contributed by atoms with van der Waals surface area (Å²) in [7, 11) is 0. The van der Waals surface area contributed by atoms with Gasteiger partial charge in [-0.2, -0.15) is 0 Å². The van der Waals surface area contributed by atoms with Crippen LogP contribution in [0.5, 0.6) is 0 Å². The van der Waals surface area contributed by atoms with Crippen LogP contribution >= 0.6 is 11.6 Å². The molecule has 3 rings (SSSR count). The monoisotopic (exact) mass is 343 g/mol. The number of benzene rings is 2. The number of hydrogen-bond acceptors (Lipinski definition) is 3. The summed E-state index contributed by atoms with van der Waals surface area (Å²) in [6.45, 7) is 0.609. The molecule has 0 spiro atoms. The Bertz CT molecular complexity index is 876. The van der Waals surface area contributed by atoms with E-state index in [-0.39, 0.29) is 11.4 Å². The smallest absolute Gasteiger partial charge is 0.252 e. The van der Waals surface area contributed by atoms with Crippen LogP contribution in [0.4, 0.5) is 10.3 Å². The van der Waals surface area contributed by atoms with E-state index in [1.54, 1.807) is 12.1 Å². The molecule has 0 bridgehead atoms. The molecule has 0 saturated carbocycles. The average molecular weight is 344 g/mol. The van der Waals surface area contributed by atoms with Gasteiger partial charge in [0.05, 0.1) is 5.69 Å². The molecular weight excluding hydrogens is 329 g/mol. The molecule has 2 N–H and O–H groups in total. The highest BCUT2D eigenvalue weighted by Crippen LogP contribution is 2.16. The molecule has 2 aromatic carbocycles. The van der Waals surface area contributed by atoms with Crippen molar-refractivity contribution in [3.05, 3.63) is 81.4 Å². The van der Waals surface area contributed by atoms with Gasteiger partial charge in [0.25, 0.3) is 5.56 Å². The maximum atomic E-state index is 13.0. The lowest BCUT2D eigenvalue weighted by Gasteiger charge is -2.07. The Labute approximate surface area is 143 Å². The fraction of sp³-hybridized carbons (Fsp3) is 0.111. The Morgan fingerprint density at radius 2 is 1.79 bits per heavy atom. The molecule has 24 heavy (non-hydrogen) atoms. The topological polar surface area (TPSA) is 57.8 Å². The van der Waals surface area contributed by atoms with Crippen LogP contribution < -0.4 is 10.9 Å². The third-order valence-electron chi connectivity index (χ3n) is 3.50. The second-order valence-electron chi connectivity index (χ2n) is 5.29. The Balaban J connectivity index is 1.70. The van der Waals surface area contributed by atoms with E-state index in [4.69, 9.17) is 11.6 Å². The SMILES string of the molecule is O=c1cc(-c2ccc(F)cc2)nc(NCCc2ccc(Cl)cc2)[nH]1. The number of aromatic amines is 1. The highest BCUT2D eigenvalue weighted by Gasteiger charge is 2.04. The number of rotatable bonds is 5. The summed E-state index contributed by atoms with van der Waals surface area (Å²) >= 11 is 5.86. The zero-order chi connectivity index (χ0) is 16.9. The van der Waals surface area contributed by atoms with E-state index >= 15 is 0 Å². The number of H-pyrrole nitrogens is 1. The summed E-state index contributed by atoms with van der Waals surface area (Å²) in [5, 5.41) is 3.80. The zero-order valence-corrected chi connectivity index (χ0v) is 13.5. The van der Waals surface area contributed by atoms with E-state index in [0.29, 0.717) is 28.8 Å². The summed E-state index contributed by atoms with van der Waals surface area (Å²) < 4.78 is 13.0. The summed E-state index contributed by atoms with van der Waals surface area (Å²) in [6, 6.07) is 14.8. The second kappa shape index (κ2) is 7.27. The summed E-state index contributed by atoms with van der Waals surface area (Å²) in [4.78, 5) is 18.8. The van der Waals surface area contributed by atoms with Gasteiger partial charge in [0, 0.05) is 23.2 Å². The van der Waals surface area contributed by atoms with E-state index in [0.717, 1.165) is 12.0 Å². The predicted molar refractivity (Wildman–Crippen MR) is 93.9 cm³/mol. The van der Waals surface area contributed by atoms with Crippen LogP contribution in [0.3, 0.4) is 0 Å². The fourth-order valence-corrected chi connectivity index (χ4v) is 2.41. The van der Waals surface area contributed by atoms with Gasteiger partial charge in [-0.25, -0.2) is 9.37 Å².